The Morgan fingerprint density at radius 2 is 1.36 bits per heavy atom. The lowest BCUT2D eigenvalue weighted by Gasteiger charge is -2.19. The van der Waals surface area contributed by atoms with Gasteiger partial charge < -0.3 is 25.4 Å². The lowest BCUT2D eigenvalue weighted by atomic mass is 9.98. The predicted molar refractivity (Wildman–Crippen MR) is 120 cm³/mol. The number of hydrogen-bond donors (Lipinski definition) is 3. The van der Waals surface area contributed by atoms with Gasteiger partial charge >= 0.3 is 12.1 Å². The first kappa shape index (κ1) is 23.8. The molecule has 0 radical (unpaired) electrons. The fourth-order valence-electron chi connectivity index (χ4n) is 3.65. The second-order valence-electron chi connectivity index (χ2n) is 7.74. The molecule has 1 aliphatic carbocycles. The minimum absolute atomic E-state index is 0.0896. The molecule has 2 atom stereocenters. The van der Waals surface area contributed by atoms with Crippen molar-refractivity contribution in [3.8, 4) is 11.1 Å². The molecule has 174 valence electrons. The molecule has 0 aliphatic heterocycles. The smallest absolute Gasteiger partial charge is 0.407 e. The number of hydrogen-bond acceptors (Lipinski definition) is 6. The highest BCUT2D eigenvalue weighted by molar-refractivity contribution is 5.90. The largest absolute Gasteiger partial charge is 0.449 e. The van der Waals surface area contributed by atoms with Gasteiger partial charge in [0.1, 0.15) is 18.7 Å². The zero-order chi connectivity index (χ0) is 24.0. The van der Waals surface area contributed by atoms with Crippen LogP contribution in [0.4, 0.5) is 4.79 Å². The number of benzene rings is 2. The molecule has 2 unspecified atom stereocenters. The Balaban J connectivity index is 1.49. The van der Waals surface area contributed by atoms with Crippen molar-refractivity contribution in [3.63, 3.8) is 0 Å². The van der Waals surface area contributed by atoms with E-state index in [1.165, 1.54) is 20.8 Å². The lowest BCUT2D eigenvalue weighted by molar-refractivity contribution is -0.143. The number of rotatable bonds is 8. The van der Waals surface area contributed by atoms with E-state index in [9.17, 15) is 19.2 Å². The van der Waals surface area contributed by atoms with Crippen molar-refractivity contribution in [1.82, 2.24) is 16.0 Å². The molecule has 2 aromatic carbocycles. The predicted octanol–water partition coefficient (Wildman–Crippen LogP) is 2.06. The summed E-state index contributed by atoms with van der Waals surface area (Å²) in [6, 6.07) is 14.2. The molecule has 9 nitrogen and oxygen atoms in total. The van der Waals surface area contributed by atoms with Gasteiger partial charge in [-0.2, -0.15) is 0 Å². The zero-order valence-electron chi connectivity index (χ0n) is 18.7. The van der Waals surface area contributed by atoms with E-state index in [1.54, 1.807) is 0 Å². The Morgan fingerprint density at radius 1 is 0.818 bits per heavy atom. The Kier molecular flexibility index (Phi) is 7.66. The number of nitrogens with one attached hydrogen (secondary N) is 3. The van der Waals surface area contributed by atoms with Gasteiger partial charge in [0.25, 0.3) is 0 Å². The Hall–Kier alpha value is -3.88. The van der Waals surface area contributed by atoms with E-state index in [-0.39, 0.29) is 19.3 Å². The number of alkyl carbamates (subject to hydrolysis) is 1. The van der Waals surface area contributed by atoms with Gasteiger partial charge in [0.2, 0.25) is 11.8 Å². The summed E-state index contributed by atoms with van der Waals surface area (Å²) >= 11 is 0. The van der Waals surface area contributed by atoms with Crippen molar-refractivity contribution >= 4 is 23.9 Å². The molecular formula is C24H27N3O6. The maximum atomic E-state index is 12.3. The molecule has 33 heavy (non-hydrogen) atoms. The van der Waals surface area contributed by atoms with Crippen molar-refractivity contribution in [1.29, 1.82) is 0 Å². The van der Waals surface area contributed by atoms with Crippen LogP contribution in [0.3, 0.4) is 0 Å². The van der Waals surface area contributed by atoms with Gasteiger partial charge in [-0.05, 0) is 36.1 Å². The zero-order valence-corrected chi connectivity index (χ0v) is 18.7. The van der Waals surface area contributed by atoms with E-state index in [4.69, 9.17) is 4.74 Å². The summed E-state index contributed by atoms with van der Waals surface area (Å²) in [7, 11) is 0. The third-order valence-corrected chi connectivity index (χ3v) is 5.35. The fraction of sp³-hybridized carbons (Fsp3) is 0.333. The number of ether oxygens (including phenoxy) is 2. The summed E-state index contributed by atoms with van der Waals surface area (Å²) in [6.07, 6.45) is -0.730. The molecule has 0 bridgehead atoms. The summed E-state index contributed by atoms with van der Waals surface area (Å²) in [5, 5.41) is 7.32. The molecule has 0 heterocycles. The molecule has 9 heteroatoms. The van der Waals surface area contributed by atoms with Crippen LogP contribution in [0.2, 0.25) is 0 Å². The lowest BCUT2D eigenvalue weighted by Crippen LogP contribution is -2.52. The van der Waals surface area contributed by atoms with Gasteiger partial charge in [-0.1, -0.05) is 48.5 Å². The maximum Gasteiger partial charge on any atom is 0.407 e. The topological polar surface area (TPSA) is 123 Å². The fourth-order valence-corrected chi connectivity index (χ4v) is 3.65. The molecular weight excluding hydrogens is 426 g/mol. The van der Waals surface area contributed by atoms with Crippen LogP contribution in [0.5, 0.6) is 0 Å². The third-order valence-electron chi connectivity index (χ3n) is 5.35. The standard InChI is InChI=1S/C24H27N3O6/c1-14(22(29)25-13-33-16(3)28)26-23(30)15(2)27-24(31)32-12-21-19-10-6-4-8-17(19)18-9-5-7-11-20(18)21/h4-11,14-15,21H,12-13H2,1-3H3,(H,25,29)(H,26,30)(H,27,31). The van der Waals surface area contributed by atoms with Crippen LogP contribution in [-0.4, -0.2) is 49.3 Å². The van der Waals surface area contributed by atoms with Gasteiger partial charge in [0, 0.05) is 12.8 Å². The first-order valence-corrected chi connectivity index (χ1v) is 10.6. The van der Waals surface area contributed by atoms with Crippen LogP contribution in [0, 0.1) is 0 Å². The minimum Gasteiger partial charge on any atom is -0.449 e. The molecule has 0 fully saturated rings. The van der Waals surface area contributed by atoms with Gasteiger partial charge in [-0.15, -0.1) is 0 Å². The summed E-state index contributed by atoms with van der Waals surface area (Å²) in [5.74, 6) is -1.71. The second kappa shape index (κ2) is 10.6. The monoisotopic (exact) mass is 453 g/mol. The van der Waals surface area contributed by atoms with Crippen LogP contribution in [0.1, 0.15) is 37.8 Å². The third kappa shape index (κ3) is 5.88. The molecule has 2 aromatic rings. The number of amides is 3. The van der Waals surface area contributed by atoms with Crippen LogP contribution in [0.25, 0.3) is 11.1 Å². The van der Waals surface area contributed by atoms with Gasteiger partial charge in [-0.25, -0.2) is 4.79 Å². The minimum atomic E-state index is -0.927. The number of esters is 1. The van der Waals surface area contributed by atoms with Crippen LogP contribution in [0.15, 0.2) is 48.5 Å². The van der Waals surface area contributed by atoms with E-state index in [1.807, 2.05) is 48.5 Å². The van der Waals surface area contributed by atoms with Crippen molar-refractivity contribution in [2.45, 2.75) is 38.8 Å². The quantitative estimate of drug-likeness (QED) is 0.415. The normalized spacial score (nSPS) is 13.7. The maximum absolute atomic E-state index is 12.3. The molecule has 0 aromatic heterocycles. The van der Waals surface area contributed by atoms with E-state index in [0.717, 1.165) is 22.3 Å². The average molecular weight is 453 g/mol. The second-order valence-corrected chi connectivity index (χ2v) is 7.74. The SMILES string of the molecule is CC(=O)OCNC(=O)C(C)NC(=O)C(C)NC(=O)OCC1c2ccccc2-c2ccccc21. The Morgan fingerprint density at radius 3 is 1.94 bits per heavy atom. The van der Waals surface area contributed by atoms with Crippen molar-refractivity contribution in [2.24, 2.45) is 0 Å². The van der Waals surface area contributed by atoms with Gasteiger partial charge in [0.15, 0.2) is 6.73 Å². The van der Waals surface area contributed by atoms with Crippen molar-refractivity contribution in [3.05, 3.63) is 59.7 Å². The van der Waals surface area contributed by atoms with E-state index in [2.05, 4.69) is 20.7 Å². The van der Waals surface area contributed by atoms with Gasteiger partial charge in [-0.3, -0.25) is 14.4 Å². The highest BCUT2D eigenvalue weighted by atomic mass is 16.5. The summed E-state index contributed by atoms with van der Waals surface area (Å²) < 4.78 is 10.1. The Bertz CT molecular complexity index is 1010. The number of carbonyl (C=O) groups is 4. The van der Waals surface area contributed by atoms with Crippen molar-refractivity contribution < 1.29 is 28.7 Å². The first-order chi connectivity index (χ1) is 15.8. The number of fused-ring (bicyclic) bond motifs is 3. The van der Waals surface area contributed by atoms with E-state index >= 15 is 0 Å². The van der Waals surface area contributed by atoms with E-state index in [0.29, 0.717) is 0 Å². The van der Waals surface area contributed by atoms with E-state index < -0.39 is 36.0 Å². The molecule has 1 aliphatic rings. The molecule has 0 saturated heterocycles. The summed E-state index contributed by atoms with van der Waals surface area (Å²) in [6.45, 7) is 4.01. The molecule has 0 spiro atoms. The molecule has 3 amide bonds. The highest BCUT2D eigenvalue weighted by Gasteiger charge is 2.29. The summed E-state index contributed by atoms with van der Waals surface area (Å²) in [4.78, 5) is 47.3. The molecule has 3 N–H and O–H groups in total. The molecule has 0 saturated carbocycles. The summed E-state index contributed by atoms with van der Waals surface area (Å²) in [5.41, 5.74) is 4.42. The van der Waals surface area contributed by atoms with Crippen LogP contribution < -0.4 is 16.0 Å². The van der Waals surface area contributed by atoms with Crippen molar-refractivity contribution in [2.75, 3.05) is 13.3 Å². The molecule has 3 rings (SSSR count). The number of carbonyl (C=O) groups excluding carboxylic acids is 4. The Labute approximate surface area is 191 Å². The van der Waals surface area contributed by atoms with Gasteiger partial charge in [0.05, 0.1) is 0 Å². The highest BCUT2D eigenvalue weighted by Crippen LogP contribution is 2.44. The van der Waals surface area contributed by atoms with Crippen LogP contribution >= 0.6 is 0 Å². The average Bonchev–Trinajstić information content (AvgIpc) is 3.11. The first-order valence-electron chi connectivity index (χ1n) is 10.6. The van der Waals surface area contributed by atoms with Crippen LogP contribution in [-0.2, 0) is 23.9 Å².